The summed E-state index contributed by atoms with van der Waals surface area (Å²) in [6, 6.07) is 9.86. The lowest BCUT2D eigenvalue weighted by atomic mass is 10.1. The van der Waals surface area contributed by atoms with Crippen LogP contribution in [0.3, 0.4) is 0 Å². The van der Waals surface area contributed by atoms with Crippen molar-refractivity contribution in [2.45, 2.75) is 19.5 Å². The van der Waals surface area contributed by atoms with Crippen LogP contribution in [0.15, 0.2) is 42.7 Å². The first-order valence-corrected chi connectivity index (χ1v) is 8.07. The molecule has 1 aliphatic heterocycles. The zero-order valence-corrected chi connectivity index (χ0v) is 14.1. The van der Waals surface area contributed by atoms with Crippen LogP contribution in [0, 0.1) is 5.92 Å². The third-order valence-corrected chi connectivity index (χ3v) is 4.33. The van der Waals surface area contributed by atoms with Gasteiger partial charge in [-0.1, -0.05) is 30.3 Å². The fraction of sp³-hybridized carbons (Fsp3) is 0.389. The second kappa shape index (κ2) is 6.86. The lowest BCUT2D eigenvalue weighted by Crippen LogP contribution is -2.34. The molecule has 1 unspecified atom stereocenters. The molecule has 2 heterocycles. The zero-order chi connectivity index (χ0) is 17.1. The molecule has 1 fully saturated rings. The molecule has 3 rings (SSSR count). The Balaban J connectivity index is 1.59. The predicted octanol–water partition coefficient (Wildman–Crippen LogP) is 1.43. The second-order valence-electron chi connectivity index (χ2n) is 6.38. The van der Waals surface area contributed by atoms with Crippen LogP contribution in [0.1, 0.15) is 17.5 Å². The minimum atomic E-state index is -0.261. The van der Waals surface area contributed by atoms with Crippen LogP contribution in [0.25, 0.3) is 0 Å². The van der Waals surface area contributed by atoms with E-state index in [1.807, 2.05) is 43.6 Å². The molecule has 0 bridgehead atoms. The van der Waals surface area contributed by atoms with Gasteiger partial charge in [0.1, 0.15) is 0 Å². The van der Waals surface area contributed by atoms with E-state index in [1.165, 1.54) is 0 Å². The largest absolute Gasteiger partial charge is 0.341 e. The van der Waals surface area contributed by atoms with E-state index in [2.05, 4.69) is 5.10 Å². The Bertz CT molecular complexity index is 726. The summed E-state index contributed by atoms with van der Waals surface area (Å²) in [5.41, 5.74) is 2.07. The molecule has 1 atom stereocenters. The molecule has 0 aliphatic carbocycles. The first kappa shape index (κ1) is 16.2. The molecular formula is C18H22N4O2. The standard InChI is InChI=1S/C18H22N4O2/c1-20(10-15-9-19-21(2)11-15)18(24)16-8-17(23)22(13-16)12-14-6-4-3-5-7-14/h3-7,9,11,16H,8,10,12-13H2,1-2H3. The molecule has 24 heavy (non-hydrogen) atoms. The Morgan fingerprint density at radius 1 is 1.29 bits per heavy atom. The van der Waals surface area contributed by atoms with Crippen molar-refractivity contribution in [1.29, 1.82) is 0 Å². The van der Waals surface area contributed by atoms with E-state index in [4.69, 9.17) is 0 Å². The van der Waals surface area contributed by atoms with E-state index in [9.17, 15) is 9.59 Å². The SMILES string of the molecule is CN(Cc1cnn(C)c1)C(=O)C1CC(=O)N(Cc2ccccc2)C1. The second-order valence-corrected chi connectivity index (χ2v) is 6.38. The number of hydrogen-bond acceptors (Lipinski definition) is 3. The van der Waals surface area contributed by atoms with Crippen molar-refractivity contribution in [3.05, 3.63) is 53.9 Å². The molecule has 1 aromatic carbocycles. The van der Waals surface area contributed by atoms with Crippen LogP contribution in [-0.4, -0.2) is 45.0 Å². The number of benzene rings is 1. The Kier molecular flexibility index (Phi) is 4.64. The molecule has 1 aromatic heterocycles. The fourth-order valence-electron chi connectivity index (χ4n) is 3.11. The van der Waals surface area contributed by atoms with Gasteiger partial charge in [-0.3, -0.25) is 14.3 Å². The Labute approximate surface area is 141 Å². The average molecular weight is 326 g/mol. The van der Waals surface area contributed by atoms with Crippen molar-refractivity contribution in [3.63, 3.8) is 0 Å². The topological polar surface area (TPSA) is 58.4 Å². The first-order chi connectivity index (χ1) is 11.5. The van der Waals surface area contributed by atoms with Gasteiger partial charge in [0.15, 0.2) is 0 Å². The summed E-state index contributed by atoms with van der Waals surface area (Å²) >= 11 is 0. The maximum absolute atomic E-state index is 12.6. The highest BCUT2D eigenvalue weighted by molar-refractivity contribution is 5.89. The van der Waals surface area contributed by atoms with Crippen molar-refractivity contribution in [1.82, 2.24) is 19.6 Å². The number of carbonyl (C=O) groups is 2. The van der Waals surface area contributed by atoms with Crippen molar-refractivity contribution in [2.75, 3.05) is 13.6 Å². The van der Waals surface area contributed by atoms with Crippen LogP contribution in [0.2, 0.25) is 0 Å². The molecule has 0 saturated carbocycles. The van der Waals surface area contributed by atoms with Crippen LogP contribution >= 0.6 is 0 Å². The number of amides is 2. The van der Waals surface area contributed by atoms with Gasteiger partial charge in [0, 0.05) is 51.9 Å². The molecule has 0 radical (unpaired) electrons. The summed E-state index contributed by atoms with van der Waals surface area (Å²) in [5.74, 6) is -0.197. The number of aromatic nitrogens is 2. The van der Waals surface area contributed by atoms with Gasteiger partial charge in [-0.05, 0) is 5.56 Å². The number of aryl methyl sites for hydroxylation is 1. The number of rotatable bonds is 5. The fourth-order valence-corrected chi connectivity index (χ4v) is 3.11. The van der Waals surface area contributed by atoms with Gasteiger partial charge in [-0.25, -0.2) is 0 Å². The third-order valence-electron chi connectivity index (χ3n) is 4.33. The quantitative estimate of drug-likeness (QED) is 0.835. The van der Waals surface area contributed by atoms with Crippen LogP contribution in [0.5, 0.6) is 0 Å². The highest BCUT2D eigenvalue weighted by Gasteiger charge is 2.35. The molecule has 0 N–H and O–H groups in total. The lowest BCUT2D eigenvalue weighted by molar-refractivity contribution is -0.135. The minimum absolute atomic E-state index is 0.0164. The molecule has 2 amide bonds. The van der Waals surface area contributed by atoms with Crippen molar-refractivity contribution < 1.29 is 9.59 Å². The monoisotopic (exact) mass is 326 g/mol. The Hall–Kier alpha value is -2.63. The predicted molar refractivity (Wildman–Crippen MR) is 89.6 cm³/mol. The molecule has 0 spiro atoms. The lowest BCUT2D eigenvalue weighted by Gasteiger charge is -2.21. The smallest absolute Gasteiger partial charge is 0.228 e. The van der Waals surface area contributed by atoms with E-state index < -0.39 is 0 Å². The van der Waals surface area contributed by atoms with Gasteiger partial charge < -0.3 is 9.80 Å². The van der Waals surface area contributed by atoms with Crippen molar-refractivity contribution in [3.8, 4) is 0 Å². The normalized spacial score (nSPS) is 17.3. The molecule has 1 saturated heterocycles. The van der Waals surface area contributed by atoms with Crippen LogP contribution < -0.4 is 0 Å². The van der Waals surface area contributed by atoms with Gasteiger partial charge in [-0.15, -0.1) is 0 Å². The van der Waals surface area contributed by atoms with E-state index in [0.717, 1.165) is 11.1 Å². The van der Waals surface area contributed by atoms with E-state index in [-0.39, 0.29) is 17.7 Å². The summed E-state index contributed by atoms with van der Waals surface area (Å²) in [7, 11) is 3.63. The highest BCUT2D eigenvalue weighted by atomic mass is 16.2. The zero-order valence-electron chi connectivity index (χ0n) is 14.1. The summed E-state index contributed by atoms with van der Waals surface area (Å²) in [5, 5.41) is 4.11. The maximum Gasteiger partial charge on any atom is 0.228 e. The van der Waals surface area contributed by atoms with E-state index in [0.29, 0.717) is 26.1 Å². The molecule has 6 heteroatoms. The molecule has 6 nitrogen and oxygen atoms in total. The van der Waals surface area contributed by atoms with Crippen molar-refractivity contribution in [2.24, 2.45) is 13.0 Å². The molecule has 2 aromatic rings. The van der Waals surface area contributed by atoms with E-state index in [1.54, 1.807) is 27.7 Å². The Morgan fingerprint density at radius 3 is 2.71 bits per heavy atom. The molecule has 1 aliphatic rings. The number of likely N-dealkylation sites (tertiary alicyclic amines) is 1. The number of carbonyl (C=O) groups excluding carboxylic acids is 2. The number of hydrogen-bond donors (Lipinski definition) is 0. The van der Waals surface area contributed by atoms with Crippen LogP contribution in [-0.2, 0) is 29.7 Å². The van der Waals surface area contributed by atoms with E-state index >= 15 is 0 Å². The first-order valence-electron chi connectivity index (χ1n) is 8.07. The third kappa shape index (κ3) is 3.64. The average Bonchev–Trinajstić information content (AvgIpc) is 3.14. The van der Waals surface area contributed by atoms with Gasteiger partial charge in [0.2, 0.25) is 11.8 Å². The summed E-state index contributed by atoms with van der Waals surface area (Å²) < 4.78 is 1.72. The highest BCUT2D eigenvalue weighted by Crippen LogP contribution is 2.22. The van der Waals surface area contributed by atoms with Gasteiger partial charge >= 0.3 is 0 Å². The summed E-state index contributed by atoms with van der Waals surface area (Å²) in [6.07, 6.45) is 3.94. The van der Waals surface area contributed by atoms with Gasteiger partial charge in [0.05, 0.1) is 12.1 Å². The maximum atomic E-state index is 12.6. The van der Waals surface area contributed by atoms with Crippen molar-refractivity contribution >= 4 is 11.8 Å². The van der Waals surface area contributed by atoms with Gasteiger partial charge in [-0.2, -0.15) is 5.10 Å². The minimum Gasteiger partial charge on any atom is -0.341 e. The Morgan fingerprint density at radius 2 is 2.04 bits per heavy atom. The molecular weight excluding hydrogens is 304 g/mol. The van der Waals surface area contributed by atoms with Crippen LogP contribution in [0.4, 0.5) is 0 Å². The van der Waals surface area contributed by atoms with Gasteiger partial charge in [0.25, 0.3) is 0 Å². The summed E-state index contributed by atoms with van der Waals surface area (Å²) in [4.78, 5) is 28.3. The summed E-state index contributed by atoms with van der Waals surface area (Å²) in [6.45, 7) is 1.57. The molecule has 126 valence electrons. The number of nitrogens with zero attached hydrogens (tertiary/aromatic N) is 4.